The van der Waals surface area contributed by atoms with Gasteiger partial charge in [-0.3, -0.25) is 4.79 Å². The second-order valence-electron chi connectivity index (χ2n) is 3.52. The molecule has 0 aliphatic rings. The monoisotopic (exact) mass is 281 g/mol. The molecule has 0 unspecified atom stereocenters. The van der Waals surface area contributed by atoms with Gasteiger partial charge in [-0.05, 0) is 34.1 Å². The molecule has 0 atom stereocenters. The fraction of sp³-hybridized carbons (Fsp3) is 0.182. The lowest BCUT2D eigenvalue weighted by atomic mass is 10.3. The molecular weight excluding hydrogens is 270 g/mol. The Kier molecular flexibility index (Phi) is 3.14. The van der Waals surface area contributed by atoms with E-state index in [0.29, 0.717) is 12.2 Å². The maximum Gasteiger partial charge on any atom is 0.268 e. The Morgan fingerprint density at radius 2 is 2.44 bits per heavy atom. The van der Waals surface area contributed by atoms with E-state index in [1.807, 2.05) is 29.9 Å². The second kappa shape index (κ2) is 4.57. The average molecular weight is 282 g/mol. The highest BCUT2D eigenvalue weighted by Crippen LogP contribution is 2.10. The molecule has 2 aromatic heterocycles. The van der Waals surface area contributed by atoms with Gasteiger partial charge in [-0.15, -0.1) is 0 Å². The van der Waals surface area contributed by atoms with Crippen LogP contribution in [-0.2, 0) is 13.6 Å². The van der Waals surface area contributed by atoms with Gasteiger partial charge in [0.25, 0.3) is 5.91 Å². The van der Waals surface area contributed by atoms with E-state index in [0.717, 1.165) is 10.2 Å². The standard InChI is InChI=1S/C11H12BrN3O/c1-15-4-2-3-9(15)7-14-11(16)10-5-8(12)6-13-10/h2-6,13H,7H2,1H3,(H,14,16). The summed E-state index contributed by atoms with van der Waals surface area (Å²) in [5.74, 6) is -0.105. The summed E-state index contributed by atoms with van der Waals surface area (Å²) in [6.45, 7) is 0.527. The molecule has 0 fully saturated rings. The van der Waals surface area contributed by atoms with E-state index in [1.54, 1.807) is 12.3 Å². The minimum absolute atomic E-state index is 0.105. The number of aryl methyl sites for hydroxylation is 1. The van der Waals surface area contributed by atoms with Crippen LogP contribution in [0, 0.1) is 0 Å². The Balaban J connectivity index is 1.96. The van der Waals surface area contributed by atoms with Crippen LogP contribution in [0.2, 0.25) is 0 Å². The van der Waals surface area contributed by atoms with Crippen LogP contribution in [0.25, 0.3) is 0 Å². The molecule has 84 valence electrons. The lowest BCUT2D eigenvalue weighted by Crippen LogP contribution is -2.24. The van der Waals surface area contributed by atoms with E-state index < -0.39 is 0 Å². The molecule has 0 spiro atoms. The largest absolute Gasteiger partial charge is 0.356 e. The van der Waals surface area contributed by atoms with E-state index in [-0.39, 0.29) is 5.91 Å². The van der Waals surface area contributed by atoms with Crippen LogP contribution in [-0.4, -0.2) is 15.5 Å². The first kappa shape index (κ1) is 11.0. The van der Waals surface area contributed by atoms with Gasteiger partial charge < -0.3 is 14.9 Å². The van der Waals surface area contributed by atoms with Crippen molar-refractivity contribution in [2.75, 3.05) is 0 Å². The van der Waals surface area contributed by atoms with Crippen LogP contribution in [0.5, 0.6) is 0 Å². The van der Waals surface area contributed by atoms with Crippen molar-refractivity contribution >= 4 is 21.8 Å². The van der Waals surface area contributed by atoms with Crippen LogP contribution < -0.4 is 5.32 Å². The lowest BCUT2D eigenvalue weighted by molar-refractivity contribution is 0.0946. The number of aromatic amines is 1. The van der Waals surface area contributed by atoms with Gasteiger partial charge in [0.15, 0.2) is 0 Å². The number of carbonyl (C=O) groups excluding carboxylic acids is 1. The van der Waals surface area contributed by atoms with Gasteiger partial charge in [0.2, 0.25) is 0 Å². The molecule has 0 radical (unpaired) electrons. The molecule has 16 heavy (non-hydrogen) atoms. The maximum atomic E-state index is 11.7. The summed E-state index contributed by atoms with van der Waals surface area (Å²) in [6, 6.07) is 5.68. The van der Waals surface area contributed by atoms with Crippen LogP contribution >= 0.6 is 15.9 Å². The van der Waals surface area contributed by atoms with Crippen molar-refractivity contribution < 1.29 is 4.79 Å². The highest BCUT2D eigenvalue weighted by Gasteiger charge is 2.07. The predicted octanol–water partition coefficient (Wildman–Crippen LogP) is 2.05. The van der Waals surface area contributed by atoms with Crippen molar-refractivity contribution in [2.24, 2.45) is 7.05 Å². The molecule has 2 heterocycles. The number of rotatable bonds is 3. The Labute approximate surface area is 102 Å². The third kappa shape index (κ3) is 2.36. The summed E-state index contributed by atoms with van der Waals surface area (Å²) in [5.41, 5.74) is 1.63. The first-order valence-electron chi connectivity index (χ1n) is 4.89. The number of halogens is 1. The number of carbonyl (C=O) groups is 1. The van der Waals surface area contributed by atoms with E-state index in [4.69, 9.17) is 0 Å². The quantitative estimate of drug-likeness (QED) is 0.889. The number of nitrogens with zero attached hydrogens (tertiary/aromatic N) is 1. The summed E-state index contributed by atoms with van der Waals surface area (Å²) < 4.78 is 2.85. The third-order valence-electron chi connectivity index (χ3n) is 2.37. The van der Waals surface area contributed by atoms with Crippen molar-refractivity contribution in [3.63, 3.8) is 0 Å². The Bertz CT molecular complexity index is 501. The number of hydrogen-bond donors (Lipinski definition) is 2. The first-order chi connectivity index (χ1) is 7.66. The zero-order chi connectivity index (χ0) is 11.5. The first-order valence-corrected chi connectivity index (χ1v) is 5.68. The van der Waals surface area contributed by atoms with Crippen molar-refractivity contribution in [3.05, 3.63) is 46.5 Å². The number of amides is 1. The van der Waals surface area contributed by atoms with Crippen molar-refractivity contribution in [3.8, 4) is 0 Å². The molecule has 1 amide bonds. The highest BCUT2D eigenvalue weighted by atomic mass is 79.9. The summed E-state index contributed by atoms with van der Waals surface area (Å²) in [7, 11) is 1.95. The predicted molar refractivity (Wildman–Crippen MR) is 65.1 cm³/mol. The molecule has 2 N–H and O–H groups in total. The van der Waals surface area contributed by atoms with E-state index in [2.05, 4.69) is 26.2 Å². The fourth-order valence-corrected chi connectivity index (χ4v) is 1.79. The SMILES string of the molecule is Cn1cccc1CNC(=O)c1cc(Br)c[nH]1. The van der Waals surface area contributed by atoms with E-state index in [1.165, 1.54) is 0 Å². The van der Waals surface area contributed by atoms with Gasteiger partial charge in [-0.1, -0.05) is 0 Å². The molecule has 0 saturated heterocycles. The summed E-state index contributed by atoms with van der Waals surface area (Å²) >= 11 is 3.29. The van der Waals surface area contributed by atoms with Crippen LogP contribution in [0.3, 0.4) is 0 Å². The van der Waals surface area contributed by atoms with Crippen molar-refractivity contribution in [1.82, 2.24) is 14.9 Å². The number of aromatic nitrogens is 2. The molecule has 0 aliphatic carbocycles. The molecule has 0 aliphatic heterocycles. The van der Waals surface area contributed by atoms with Gasteiger partial charge >= 0.3 is 0 Å². The van der Waals surface area contributed by atoms with Crippen LogP contribution in [0.15, 0.2) is 35.1 Å². The topological polar surface area (TPSA) is 49.8 Å². The highest BCUT2D eigenvalue weighted by molar-refractivity contribution is 9.10. The van der Waals surface area contributed by atoms with Gasteiger partial charge in [0.05, 0.1) is 6.54 Å². The van der Waals surface area contributed by atoms with Crippen molar-refractivity contribution in [2.45, 2.75) is 6.54 Å². The fourth-order valence-electron chi connectivity index (χ4n) is 1.45. The van der Waals surface area contributed by atoms with E-state index >= 15 is 0 Å². The third-order valence-corrected chi connectivity index (χ3v) is 2.83. The van der Waals surface area contributed by atoms with Gasteiger partial charge in [-0.25, -0.2) is 0 Å². The molecule has 4 nitrogen and oxygen atoms in total. The Morgan fingerprint density at radius 1 is 1.62 bits per heavy atom. The molecule has 0 aromatic carbocycles. The number of H-pyrrole nitrogens is 1. The number of nitrogens with one attached hydrogen (secondary N) is 2. The number of hydrogen-bond acceptors (Lipinski definition) is 1. The zero-order valence-electron chi connectivity index (χ0n) is 8.83. The van der Waals surface area contributed by atoms with Gasteiger partial charge in [0, 0.05) is 29.6 Å². The van der Waals surface area contributed by atoms with Crippen LogP contribution in [0.1, 0.15) is 16.2 Å². The van der Waals surface area contributed by atoms with E-state index in [9.17, 15) is 4.79 Å². The normalized spacial score (nSPS) is 10.4. The average Bonchev–Trinajstić information content (AvgIpc) is 2.84. The minimum atomic E-state index is -0.105. The molecule has 0 saturated carbocycles. The summed E-state index contributed by atoms with van der Waals surface area (Å²) in [4.78, 5) is 14.6. The zero-order valence-corrected chi connectivity index (χ0v) is 10.4. The summed E-state index contributed by atoms with van der Waals surface area (Å²) in [5, 5.41) is 2.84. The lowest BCUT2D eigenvalue weighted by Gasteiger charge is -2.04. The van der Waals surface area contributed by atoms with Gasteiger partial charge in [0.1, 0.15) is 5.69 Å². The second-order valence-corrected chi connectivity index (χ2v) is 4.44. The van der Waals surface area contributed by atoms with Gasteiger partial charge in [-0.2, -0.15) is 0 Å². The van der Waals surface area contributed by atoms with Crippen molar-refractivity contribution in [1.29, 1.82) is 0 Å². The smallest absolute Gasteiger partial charge is 0.268 e. The molecular formula is C11H12BrN3O. The Hall–Kier alpha value is -1.49. The molecule has 2 aromatic rings. The Morgan fingerprint density at radius 3 is 3.00 bits per heavy atom. The molecule has 2 rings (SSSR count). The molecule has 0 bridgehead atoms. The maximum absolute atomic E-state index is 11.7. The van der Waals surface area contributed by atoms with Crippen LogP contribution in [0.4, 0.5) is 0 Å². The molecule has 5 heteroatoms. The minimum Gasteiger partial charge on any atom is -0.356 e. The summed E-state index contributed by atoms with van der Waals surface area (Å²) in [6.07, 6.45) is 3.68.